The second-order valence-corrected chi connectivity index (χ2v) is 25.2. The maximum absolute atomic E-state index is 13.0. The van der Waals surface area contributed by atoms with Crippen molar-refractivity contribution in [2.75, 3.05) is 13.2 Å². The zero-order chi connectivity index (χ0) is 59.9. The molecule has 6 nitrogen and oxygen atoms in total. The van der Waals surface area contributed by atoms with E-state index in [0.717, 1.165) is 77.0 Å². The van der Waals surface area contributed by atoms with Crippen LogP contribution in [0.5, 0.6) is 0 Å². The molecule has 0 aliphatic heterocycles. The Balaban J connectivity index is 4.24. The molecule has 486 valence electrons. The standard InChI is InChI=1S/C77H142O6/c1-4-7-10-13-16-19-22-25-28-31-33-34-35-36-37-38-39-40-41-42-44-46-49-52-55-58-61-64-67-70-76(79)82-73-74(72-81-75(78)69-66-63-60-57-54-51-48-45-30-27-24-21-18-15-12-9-6-3)83-77(80)71-68-65-62-59-56-53-50-47-43-32-29-26-23-20-17-14-11-8-5-2/h18,21-22,25,27,30-31,33,74H,4-17,19-20,23-24,26,28-29,32,34-73H2,1-3H3/b21-18-,25-22-,30-27-,33-31-. The average molecular weight is 1160 g/mol. The first-order valence-corrected chi connectivity index (χ1v) is 37.1. The van der Waals surface area contributed by atoms with Gasteiger partial charge in [-0.3, -0.25) is 14.4 Å². The highest BCUT2D eigenvalue weighted by molar-refractivity contribution is 5.71. The molecule has 0 aliphatic carbocycles. The molecule has 83 heavy (non-hydrogen) atoms. The van der Waals surface area contributed by atoms with Gasteiger partial charge < -0.3 is 14.2 Å². The van der Waals surface area contributed by atoms with E-state index in [4.69, 9.17) is 14.2 Å². The molecule has 1 atom stereocenters. The van der Waals surface area contributed by atoms with Gasteiger partial charge in [0.25, 0.3) is 0 Å². The summed E-state index contributed by atoms with van der Waals surface area (Å²) in [5.41, 5.74) is 0. The fourth-order valence-corrected chi connectivity index (χ4v) is 11.2. The minimum atomic E-state index is -0.775. The van der Waals surface area contributed by atoms with Crippen LogP contribution in [-0.4, -0.2) is 37.2 Å². The molecular weight excluding hydrogens is 1020 g/mol. The Hall–Kier alpha value is -2.63. The van der Waals surface area contributed by atoms with Crippen LogP contribution in [0.1, 0.15) is 406 Å². The molecule has 0 aromatic carbocycles. The van der Waals surface area contributed by atoms with Gasteiger partial charge in [0.15, 0.2) is 6.10 Å². The van der Waals surface area contributed by atoms with Gasteiger partial charge in [0.1, 0.15) is 13.2 Å². The third-order valence-corrected chi connectivity index (χ3v) is 16.8. The summed E-state index contributed by atoms with van der Waals surface area (Å²) in [6.07, 6.45) is 91.5. The lowest BCUT2D eigenvalue weighted by Crippen LogP contribution is -2.30. The van der Waals surface area contributed by atoms with E-state index in [1.54, 1.807) is 0 Å². The van der Waals surface area contributed by atoms with Crippen LogP contribution in [0.4, 0.5) is 0 Å². The van der Waals surface area contributed by atoms with Gasteiger partial charge >= 0.3 is 17.9 Å². The maximum atomic E-state index is 13.0. The summed E-state index contributed by atoms with van der Waals surface area (Å²) in [6, 6.07) is 0. The van der Waals surface area contributed by atoms with Gasteiger partial charge in [-0.05, 0) is 83.5 Å². The average Bonchev–Trinajstić information content (AvgIpc) is 3.50. The van der Waals surface area contributed by atoms with Crippen LogP contribution < -0.4 is 0 Å². The summed E-state index contributed by atoms with van der Waals surface area (Å²) < 4.78 is 17.0. The maximum Gasteiger partial charge on any atom is 0.306 e. The molecule has 0 aliphatic rings. The molecule has 0 aromatic heterocycles. The Kier molecular flexibility index (Phi) is 69.6. The molecular formula is C77H142O6. The van der Waals surface area contributed by atoms with Crippen molar-refractivity contribution < 1.29 is 28.6 Å². The fraction of sp³-hybridized carbons (Fsp3) is 0.857. The van der Waals surface area contributed by atoms with Crippen molar-refractivity contribution in [1.29, 1.82) is 0 Å². The van der Waals surface area contributed by atoms with E-state index in [1.807, 2.05) is 0 Å². The van der Waals surface area contributed by atoms with E-state index >= 15 is 0 Å². The van der Waals surface area contributed by atoms with Crippen LogP contribution in [-0.2, 0) is 28.6 Å². The normalized spacial score (nSPS) is 12.3. The predicted molar refractivity (Wildman–Crippen MR) is 362 cm³/mol. The Labute approximate surface area is 518 Å². The first-order valence-electron chi connectivity index (χ1n) is 37.1. The predicted octanol–water partition coefficient (Wildman–Crippen LogP) is 25.7. The fourth-order valence-electron chi connectivity index (χ4n) is 11.2. The molecule has 0 amide bonds. The highest BCUT2D eigenvalue weighted by Crippen LogP contribution is 2.19. The number of esters is 3. The van der Waals surface area contributed by atoms with Crippen molar-refractivity contribution in [2.24, 2.45) is 0 Å². The van der Waals surface area contributed by atoms with Gasteiger partial charge in [-0.1, -0.05) is 352 Å². The molecule has 0 rings (SSSR count). The molecule has 6 heteroatoms. The Bertz CT molecular complexity index is 1430. The topological polar surface area (TPSA) is 78.9 Å². The van der Waals surface area contributed by atoms with E-state index in [-0.39, 0.29) is 31.1 Å². The van der Waals surface area contributed by atoms with Gasteiger partial charge in [-0.2, -0.15) is 0 Å². The zero-order valence-electron chi connectivity index (χ0n) is 56.0. The van der Waals surface area contributed by atoms with Gasteiger partial charge in [-0.25, -0.2) is 0 Å². The Morgan fingerprint density at radius 3 is 0.687 bits per heavy atom. The van der Waals surface area contributed by atoms with Crippen LogP contribution in [0, 0.1) is 0 Å². The SMILES string of the molecule is CCCCC/C=C\C/C=C\CCCCCCCCCC(=O)OCC(COC(=O)CCCCCCCCCCCCCCCCCCC/C=C\C/C=C\CCCCCCC)OC(=O)CCCCCCCCCCCCCCCCCCCCC. The summed E-state index contributed by atoms with van der Waals surface area (Å²) >= 11 is 0. The van der Waals surface area contributed by atoms with E-state index in [2.05, 4.69) is 69.4 Å². The van der Waals surface area contributed by atoms with Crippen molar-refractivity contribution in [1.82, 2.24) is 0 Å². The van der Waals surface area contributed by atoms with Gasteiger partial charge in [-0.15, -0.1) is 0 Å². The van der Waals surface area contributed by atoms with Crippen LogP contribution >= 0.6 is 0 Å². The number of allylic oxidation sites excluding steroid dienone is 8. The van der Waals surface area contributed by atoms with Gasteiger partial charge in [0.05, 0.1) is 0 Å². The molecule has 0 radical (unpaired) electrons. The molecule has 0 heterocycles. The largest absolute Gasteiger partial charge is 0.462 e. The monoisotopic (exact) mass is 1160 g/mol. The number of hydrogen-bond donors (Lipinski definition) is 0. The highest BCUT2D eigenvalue weighted by Gasteiger charge is 2.19. The second-order valence-electron chi connectivity index (χ2n) is 25.2. The summed E-state index contributed by atoms with van der Waals surface area (Å²) in [5, 5.41) is 0. The Morgan fingerprint density at radius 1 is 0.241 bits per heavy atom. The molecule has 0 aromatic rings. The van der Waals surface area contributed by atoms with Crippen molar-refractivity contribution in [3.05, 3.63) is 48.6 Å². The number of rotatable bonds is 69. The van der Waals surface area contributed by atoms with Crippen LogP contribution in [0.2, 0.25) is 0 Å². The van der Waals surface area contributed by atoms with Crippen molar-refractivity contribution in [2.45, 2.75) is 412 Å². The number of hydrogen-bond acceptors (Lipinski definition) is 6. The third-order valence-electron chi connectivity index (χ3n) is 16.8. The van der Waals surface area contributed by atoms with E-state index < -0.39 is 6.10 Å². The first-order chi connectivity index (χ1) is 41.0. The first kappa shape index (κ1) is 80.4. The van der Waals surface area contributed by atoms with Gasteiger partial charge in [0.2, 0.25) is 0 Å². The minimum Gasteiger partial charge on any atom is -0.462 e. The van der Waals surface area contributed by atoms with Crippen LogP contribution in [0.15, 0.2) is 48.6 Å². The van der Waals surface area contributed by atoms with E-state index in [9.17, 15) is 14.4 Å². The molecule has 0 bridgehead atoms. The highest BCUT2D eigenvalue weighted by atomic mass is 16.6. The molecule has 0 fully saturated rings. The molecule has 0 spiro atoms. The van der Waals surface area contributed by atoms with Crippen molar-refractivity contribution in [3.8, 4) is 0 Å². The molecule has 1 unspecified atom stereocenters. The Morgan fingerprint density at radius 2 is 0.434 bits per heavy atom. The zero-order valence-corrected chi connectivity index (χ0v) is 56.0. The van der Waals surface area contributed by atoms with Crippen LogP contribution in [0.25, 0.3) is 0 Å². The number of carbonyl (C=O) groups is 3. The lowest BCUT2D eigenvalue weighted by atomic mass is 10.0. The van der Waals surface area contributed by atoms with Gasteiger partial charge in [0, 0.05) is 19.3 Å². The lowest BCUT2D eigenvalue weighted by Gasteiger charge is -2.18. The number of unbranched alkanes of at least 4 members (excludes halogenated alkanes) is 50. The van der Waals surface area contributed by atoms with E-state index in [1.165, 1.54) is 289 Å². The van der Waals surface area contributed by atoms with Crippen molar-refractivity contribution >= 4 is 17.9 Å². The molecule has 0 N–H and O–H groups in total. The lowest BCUT2D eigenvalue weighted by molar-refractivity contribution is -0.167. The quantitative estimate of drug-likeness (QED) is 0.0261. The third kappa shape index (κ3) is 70.0. The smallest absolute Gasteiger partial charge is 0.306 e. The van der Waals surface area contributed by atoms with E-state index in [0.29, 0.717) is 19.3 Å². The summed E-state index contributed by atoms with van der Waals surface area (Å²) in [7, 11) is 0. The molecule has 0 saturated heterocycles. The number of ether oxygens (including phenoxy) is 3. The van der Waals surface area contributed by atoms with Crippen molar-refractivity contribution in [3.63, 3.8) is 0 Å². The number of carbonyl (C=O) groups excluding carboxylic acids is 3. The second kappa shape index (κ2) is 71.8. The van der Waals surface area contributed by atoms with Crippen LogP contribution in [0.3, 0.4) is 0 Å². The summed E-state index contributed by atoms with van der Waals surface area (Å²) in [6.45, 7) is 6.68. The summed E-state index contributed by atoms with van der Waals surface area (Å²) in [4.78, 5) is 38.5. The summed E-state index contributed by atoms with van der Waals surface area (Å²) in [5.74, 6) is -0.847. The molecule has 0 saturated carbocycles. The minimum absolute atomic E-state index is 0.0701.